The number of amides is 1. The number of nitriles is 1. The van der Waals surface area contributed by atoms with Crippen LogP contribution in [0.3, 0.4) is 0 Å². The highest BCUT2D eigenvalue weighted by Crippen LogP contribution is 2.38. The summed E-state index contributed by atoms with van der Waals surface area (Å²) in [6.45, 7) is 0. The molecule has 0 spiro atoms. The van der Waals surface area contributed by atoms with Gasteiger partial charge in [0.1, 0.15) is 11.6 Å². The minimum atomic E-state index is -0.788. The number of carbonyl (C=O) groups is 1. The molecule has 150 valence electrons. The molecule has 0 saturated heterocycles. The first-order valence-corrected chi connectivity index (χ1v) is 8.39. The maximum atomic E-state index is 12.5. The van der Waals surface area contributed by atoms with Gasteiger partial charge in [0.15, 0.2) is 11.5 Å². The smallest absolute Gasteiger partial charge is 0.271 e. The molecule has 2 rings (SSSR count). The number of nitrogens with one attached hydrogen (secondary N) is 1. The number of anilines is 1. The number of nitrogens with zero attached hydrogens (tertiary/aromatic N) is 2. The number of nitro groups is 1. The molecule has 0 aromatic heterocycles. The van der Waals surface area contributed by atoms with Crippen LogP contribution in [-0.2, 0) is 4.79 Å². The van der Waals surface area contributed by atoms with Crippen LogP contribution in [0.2, 0.25) is 5.02 Å². The van der Waals surface area contributed by atoms with Crippen LogP contribution in [0.5, 0.6) is 17.2 Å². The molecular formula is C19H16ClN3O6. The SMILES string of the molecule is COc1cc(/C=C(\C#N)C(=O)Nc2cc([N+](=O)[O-])ccc2Cl)cc(OC)c1OC. The fourth-order valence-corrected chi connectivity index (χ4v) is 2.58. The number of methoxy groups -OCH3 is 3. The molecule has 9 nitrogen and oxygen atoms in total. The lowest BCUT2D eigenvalue weighted by Crippen LogP contribution is -2.14. The van der Waals surface area contributed by atoms with E-state index in [0.29, 0.717) is 22.8 Å². The summed E-state index contributed by atoms with van der Waals surface area (Å²) in [6.07, 6.45) is 1.31. The second kappa shape index (κ2) is 9.43. The fraction of sp³-hybridized carbons (Fsp3) is 0.158. The molecule has 0 fully saturated rings. The summed E-state index contributed by atoms with van der Waals surface area (Å²) < 4.78 is 15.7. The van der Waals surface area contributed by atoms with Crippen molar-refractivity contribution in [1.29, 1.82) is 5.26 Å². The number of hydrogen-bond acceptors (Lipinski definition) is 7. The van der Waals surface area contributed by atoms with Gasteiger partial charge in [0.05, 0.1) is 37.0 Å². The molecule has 0 heterocycles. The Morgan fingerprint density at radius 2 is 1.79 bits per heavy atom. The third-order valence-corrected chi connectivity index (χ3v) is 4.10. The second-order valence-corrected chi connectivity index (χ2v) is 5.91. The van der Waals surface area contributed by atoms with Gasteiger partial charge in [-0.15, -0.1) is 0 Å². The third-order valence-electron chi connectivity index (χ3n) is 3.77. The monoisotopic (exact) mass is 417 g/mol. The van der Waals surface area contributed by atoms with E-state index in [-0.39, 0.29) is 22.0 Å². The Bertz CT molecular complexity index is 1000. The van der Waals surface area contributed by atoms with Gasteiger partial charge in [-0.25, -0.2) is 0 Å². The molecule has 29 heavy (non-hydrogen) atoms. The molecule has 0 aliphatic rings. The first-order chi connectivity index (χ1) is 13.8. The predicted molar refractivity (Wildman–Crippen MR) is 106 cm³/mol. The Kier molecular flexibility index (Phi) is 7.00. The molecule has 2 aromatic rings. The molecule has 2 aromatic carbocycles. The number of rotatable bonds is 7. The van der Waals surface area contributed by atoms with E-state index in [1.54, 1.807) is 18.2 Å². The molecule has 0 bridgehead atoms. The van der Waals surface area contributed by atoms with Gasteiger partial charge in [0, 0.05) is 12.1 Å². The van der Waals surface area contributed by atoms with Gasteiger partial charge in [-0.05, 0) is 29.8 Å². The summed E-state index contributed by atoms with van der Waals surface area (Å²) in [4.78, 5) is 22.8. The lowest BCUT2D eigenvalue weighted by atomic mass is 10.1. The number of carbonyl (C=O) groups excluding carboxylic acids is 1. The maximum Gasteiger partial charge on any atom is 0.271 e. The normalized spacial score (nSPS) is 10.7. The molecule has 0 atom stereocenters. The molecule has 0 unspecified atom stereocenters. The molecule has 1 amide bonds. The van der Waals surface area contributed by atoms with E-state index in [0.717, 1.165) is 6.07 Å². The summed E-state index contributed by atoms with van der Waals surface area (Å²) >= 11 is 5.98. The van der Waals surface area contributed by atoms with Gasteiger partial charge in [0.25, 0.3) is 11.6 Å². The van der Waals surface area contributed by atoms with Crippen molar-refractivity contribution in [2.45, 2.75) is 0 Å². The molecule has 1 N–H and O–H groups in total. The summed E-state index contributed by atoms with van der Waals surface area (Å²) in [7, 11) is 4.33. The highest BCUT2D eigenvalue weighted by atomic mass is 35.5. The Balaban J connectivity index is 2.40. The van der Waals surface area contributed by atoms with Gasteiger partial charge >= 0.3 is 0 Å². The van der Waals surface area contributed by atoms with E-state index in [4.69, 9.17) is 25.8 Å². The average molecular weight is 418 g/mol. The van der Waals surface area contributed by atoms with Crippen LogP contribution in [0.25, 0.3) is 6.08 Å². The van der Waals surface area contributed by atoms with E-state index in [9.17, 15) is 20.2 Å². The zero-order chi connectivity index (χ0) is 21.6. The molecular weight excluding hydrogens is 402 g/mol. The van der Waals surface area contributed by atoms with Crippen LogP contribution in [0.4, 0.5) is 11.4 Å². The lowest BCUT2D eigenvalue weighted by molar-refractivity contribution is -0.384. The van der Waals surface area contributed by atoms with Crippen molar-refractivity contribution in [3.8, 4) is 23.3 Å². The van der Waals surface area contributed by atoms with Crippen molar-refractivity contribution >= 4 is 35.0 Å². The standard InChI is InChI=1S/C19H16ClN3O6/c1-27-16-7-11(8-17(28-2)18(16)29-3)6-12(10-21)19(24)22-15-9-13(23(25)26)4-5-14(15)20/h4-9H,1-3H3,(H,22,24)/b12-6+. The predicted octanol–water partition coefficient (Wildman–Crippen LogP) is 3.82. The van der Waals surface area contributed by atoms with Gasteiger partial charge in [-0.1, -0.05) is 11.6 Å². The topological polar surface area (TPSA) is 124 Å². The van der Waals surface area contributed by atoms with E-state index >= 15 is 0 Å². The van der Waals surface area contributed by atoms with Gasteiger partial charge < -0.3 is 19.5 Å². The third kappa shape index (κ3) is 4.94. The summed E-state index contributed by atoms with van der Waals surface area (Å²) in [5.74, 6) is 0.261. The number of benzene rings is 2. The van der Waals surface area contributed by atoms with Gasteiger partial charge in [-0.3, -0.25) is 14.9 Å². The zero-order valence-electron chi connectivity index (χ0n) is 15.7. The van der Waals surface area contributed by atoms with E-state index < -0.39 is 10.8 Å². The number of non-ortho nitro benzene ring substituents is 1. The minimum absolute atomic E-state index is 0.0110. The van der Waals surface area contributed by atoms with Crippen LogP contribution in [-0.4, -0.2) is 32.2 Å². The van der Waals surface area contributed by atoms with Crippen LogP contribution < -0.4 is 19.5 Å². The van der Waals surface area contributed by atoms with E-state index in [2.05, 4.69) is 5.32 Å². The minimum Gasteiger partial charge on any atom is -0.493 e. The van der Waals surface area contributed by atoms with Gasteiger partial charge in [0.2, 0.25) is 5.75 Å². The first-order valence-electron chi connectivity index (χ1n) is 8.01. The van der Waals surface area contributed by atoms with Crippen LogP contribution in [0, 0.1) is 21.4 Å². The van der Waals surface area contributed by atoms with Crippen LogP contribution >= 0.6 is 11.6 Å². The van der Waals surface area contributed by atoms with Crippen LogP contribution in [0.1, 0.15) is 5.56 Å². The number of nitro benzene ring substituents is 1. The van der Waals surface area contributed by atoms with Crippen molar-refractivity contribution in [3.05, 3.63) is 56.6 Å². The van der Waals surface area contributed by atoms with Gasteiger partial charge in [-0.2, -0.15) is 5.26 Å². The number of hydrogen-bond donors (Lipinski definition) is 1. The molecule has 10 heteroatoms. The molecule has 0 aliphatic heterocycles. The zero-order valence-corrected chi connectivity index (χ0v) is 16.4. The largest absolute Gasteiger partial charge is 0.493 e. The Morgan fingerprint density at radius 3 is 2.28 bits per heavy atom. The van der Waals surface area contributed by atoms with E-state index in [1.807, 2.05) is 0 Å². The average Bonchev–Trinajstić information content (AvgIpc) is 2.72. The Morgan fingerprint density at radius 1 is 1.17 bits per heavy atom. The van der Waals surface area contributed by atoms with Crippen molar-refractivity contribution < 1.29 is 23.9 Å². The van der Waals surface area contributed by atoms with Crippen molar-refractivity contribution in [3.63, 3.8) is 0 Å². The first kappa shape index (κ1) is 21.5. The molecule has 0 saturated carbocycles. The van der Waals surface area contributed by atoms with Crippen molar-refractivity contribution in [2.75, 3.05) is 26.6 Å². The van der Waals surface area contributed by atoms with E-state index in [1.165, 1.54) is 39.5 Å². The highest BCUT2D eigenvalue weighted by Gasteiger charge is 2.17. The Labute approximate surface area is 171 Å². The van der Waals surface area contributed by atoms with Crippen LogP contribution in [0.15, 0.2) is 35.9 Å². The number of halogens is 1. The molecule has 0 radical (unpaired) electrons. The quantitative estimate of drug-likeness (QED) is 0.314. The van der Waals surface area contributed by atoms with Crippen molar-refractivity contribution in [2.24, 2.45) is 0 Å². The number of ether oxygens (including phenoxy) is 3. The summed E-state index contributed by atoms with van der Waals surface area (Å²) in [5, 5.41) is 22.8. The second-order valence-electron chi connectivity index (χ2n) is 5.50. The molecule has 0 aliphatic carbocycles. The Hall–Kier alpha value is -3.77. The fourth-order valence-electron chi connectivity index (χ4n) is 2.41. The summed E-state index contributed by atoms with van der Waals surface area (Å²) in [6, 6.07) is 8.50. The lowest BCUT2D eigenvalue weighted by Gasteiger charge is -2.13. The van der Waals surface area contributed by atoms with Crippen molar-refractivity contribution in [1.82, 2.24) is 0 Å². The maximum absolute atomic E-state index is 12.5. The highest BCUT2D eigenvalue weighted by molar-refractivity contribution is 6.34. The summed E-state index contributed by atoms with van der Waals surface area (Å²) in [5.41, 5.74) is -0.0630.